The van der Waals surface area contributed by atoms with Gasteiger partial charge in [-0.3, -0.25) is 18.8 Å². The molecule has 25 heavy (non-hydrogen) atoms. The Labute approximate surface area is 145 Å². The number of hydrogen-bond acceptors (Lipinski definition) is 4. The first kappa shape index (κ1) is 16.9. The molecule has 0 bridgehead atoms. The predicted molar refractivity (Wildman–Crippen MR) is 95.2 cm³/mol. The number of aromatic nitrogens is 4. The largest absolute Gasteiger partial charge is 0.352 e. The Bertz CT molecular complexity index is 930. The van der Waals surface area contributed by atoms with E-state index in [0.29, 0.717) is 24.0 Å². The van der Waals surface area contributed by atoms with E-state index in [2.05, 4.69) is 15.4 Å². The summed E-state index contributed by atoms with van der Waals surface area (Å²) >= 11 is 0. The molecule has 3 aromatic rings. The number of rotatable bonds is 6. The second-order valence-electron chi connectivity index (χ2n) is 6.16. The lowest BCUT2D eigenvalue weighted by Crippen LogP contribution is -2.36. The zero-order chi connectivity index (χ0) is 17.8. The van der Waals surface area contributed by atoms with Crippen LogP contribution in [0.1, 0.15) is 18.9 Å². The molecule has 0 saturated carbocycles. The Kier molecular flexibility index (Phi) is 4.92. The van der Waals surface area contributed by atoms with E-state index in [4.69, 9.17) is 0 Å². The van der Waals surface area contributed by atoms with Gasteiger partial charge in [-0.2, -0.15) is 5.10 Å². The Morgan fingerprint density at radius 3 is 2.92 bits per heavy atom. The number of nitrogens with zero attached hydrogens (tertiary/aromatic N) is 4. The Morgan fingerprint density at radius 1 is 1.32 bits per heavy atom. The van der Waals surface area contributed by atoms with Crippen LogP contribution in [-0.2, 0) is 17.9 Å². The molecule has 1 aromatic carbocycles. The summed E-state index contributed by atoms with van der Waals surface area (Å²) in [7, 11) is 0. The van der Waals surface area contributed by atoms with Crippen molar-refractivity contribution in [1.29, 1.82) is 0 Å². The van der Waals surface area contributed by atoms with Crippen molar-refractivity contribution in [2.24, 2.45) is 0 Å². The lowest BCUT2D eigenvalue weighted by Gasteiger charge is -2.14. The van der Waals surface area contributed by atoms with Gasteiger partial charge in [0.15, 0.2) is 0 Å². The third-order valence-corrected chi connectivity index (χ3v) is 4.06. The number of aryl methyl sites for hydroxylation is 2. The van der Waals surface area contributed by atoms with Crippen LogP contribution < -0.4 is 10.9 Å². The SMILES string of the molecule is Cc1cccc2c(=O)n(CCC(=O)NC(C)Cn3cccn3)cnc12. The zero-order valence-electron chi connectivity index (χ0n) is 14.3. The highest BCUT2D eigenvalue weighted by Crippen LogP contribution is 2.11. The summed E-state index contributed by atoms with van der Waals surface area (Å²) in [5.41, 5.74) is 1.55. The molecule has 0 spiro atoms. The molecule has 0 aliphatic carbocycles. The van der Waals surface area contributed by atoms with Crippen molar-refractivity contribution in [2.75, 3.05) is 0 Å². The lowest BCUT2D eigenvalue weighted by molar-refractivity contribution is -0.122. The molecule has 7 nitrogen and oxygen atoms in total. The first-order chi connectivity index (χ1) is 12.0. The molecule has 130 valence electrons. The zero-order valence-corrected chi connectivity index (χ0v) is 14.3. The fourth-order valence-electron chi connectivity index (χ4n) is 2.80. The summed E-state index contributed by atoms with van der Waals surface area (Å²) in [5.74, 6) is -0.101. The second kappa shape index (κ2) is 7.29. The van der Waals surface area contributed by atoms with E-state index in [1.165, 1.54) is 10.9 Å². The van der Waals surface area contributed by atoms with Gasteiger partial charge in [-0.25, -0.2) is 4.98 Å². The summed E-state index contributed by atoms with van der Waals surface area (Å²) in [4.78, 5) is 29.0. The summed E-state index contributed by atoms with van der Waals surface area (Å²) < 4.78 is 3.25. The minimum atomic E-state index is -0.119. The van der Waals surface area contributed by atoms with E-state index in [9.17, 15) is 9.59 Å². The normalized spacial score (nSPS) is 12.2. The maximum Gasteiger partial charge on any atom is 0.261 e. The van der Waals surface area contributed by atoms with Gasteiger partial charge in [-0.1, -0.05) is 12.1 Å². The van der Waals surface area contributed by atoms with Crippen LogP contribution in [0, 0.1) is 6.92 Å². The fraction of sp³-hybridized carbons (Fsp3) is 0.333. The number of amides is 1. The standard InChI is InChI=1S/C18H21N5O2/c1-13-5-3-6-15-17(13)19-12-22(18(15)25)10-7-16(24)21-14(2)11-23-9-4-8-20-23/h3-6,8-9,12,14H,7,10-11H2,1-2H3,(H,21,24). The molecule has 1 unspecified atom stereocenters. The molecular weight excluding hydrogens is 318 g/mol. The van der Waals surface area contributed by atoms with Crippen LogP contribution in [0.25, 0.3) is 10.9 Å². The van der Waals surface area contributed by atoms with E-state index >= 15 is 0 Å². The van der Waals surface area contributed by atoms with Crippen molar-refractivity contribution in [3.63, 3.8) is 0 Å². The van der Waals surface area contributed by atoms with Crippen LogP contribution in [0.4, 0.5) is 0 Å². The fourth-order valence-corrected chi connectivity index (χ4v) is 2.80. The van der Waals surface area contributed by atoms with E-state index in [-0.39, 0.29) is 23.9 Å². The predicted octanol–water partition coefficient (Wildman–Crippen LogP) is 1.50. The van der Waals surface area contributed by atoms with Gasteiger partial charge in [-0.15, -0.1) is 0 Å². The number of nitrogens with one attached hydrogen (secondary N) is 1. The van der Waals surface area contributed by atoms with Crippen LogP contribution in [0.3, 0.4) is 0 Å². The monoisotopic (exact) mass is 339 g/mol. The molecular formula is C18H21N5O2. The molecule has 7 heteroatoms. The minimum Gasteiger partial charge on any atom is -0.352 e. The topological polar surface area (TPSA) is 81.8 Å². The molecule has 0 saturated heterocycles. The molecule has 0 aliphatic heterocycles. The smallest absolute Gasteiger partial charge is 0.261 e. The number of benzene rings is 1. The highest BCUT2D eigenvalue weighted by Gasteiger charge is 2.10. The van der Waals surface area contributed by atoms with Gasteiger partial charge in [-0.05, 0) is 31.5 Å². The van der Waals surface area contributed by atoms with Gasteiger partial charge in [0.1, 0.15) is 0 Å². The van der Waals surface area contributed by atoms with Crippen molar-refractivity contribution in [3.8, 4) is 0 Å². The molecule has 1 atom stereocenters. The number of carbonyl (C=O) groups is 1. The number of carbonyl (C=O) groups excluding carboxylic acids is 1. The van der Waals surface area contributed by atoms with Crippen LogP contribution >= 0.6 is 0 Å². The molecule has 2 heterocycles. The van der Waals surface area contributed by atoms with E-state index in [1.54, 1.807) is 16.9 Å². The Balaban J connectivity index is 1.61. The van der Waals surface area contributed by atoms with Crippen molar-refractivity contribution >= 4 is 16.8 Å². The Hall–Kier alpha value is -2.96. The van der Waals surface area contributed by atoms with Crippen molar-refractivity contribution in [2.45, 2.75) is 39.4 Å². The van der Waals surface area contributed by atoms with Gasteiger partial charge >= 0.3 is 0 Å². The van der Waals surface area contributed by atoms with E-state index in [0.717, 1.165) is 5.56 Å². The maximum atomic E-state index is 12.5. The van der Waals surface area contributed by atoms with Crippen molar-refractivity contribution in [3.05, 3.63) is 58.9 Å². The number of hydrogen-bond donors (Lipinski definition) is 1. The molecule has 0 radical (unpaired) electrons. The molecule has 0 fully saturated rings. The molecule has 1 amide bonds. The summed E-state index contributed by atoms with van der Waals surface area (Å²) in [6, 6.07) is 7.33. The van der Waals surface area contributed by atoms with Crippen LogP contribution in [0.15, 0.2) is 47.8 Å². The third kappa shape index (κ3) is 3.93. The molecule has 0 aliphatic rings. The molecule has 1 N–H and O–H groups in total. The second-order valence-corrected chi connectivity index (χ2v) is 6.16. The first-order valence-corrected chi connectivity index (χ1v) is 8.26. The van der Waals surface area contributed by atoms with Crippen LogP contribution in [0.2, 0.25) is 0 Å². The molecule has 3 rings (SSSR count). The molecule has 2 aromatic heterocycles. The number of fused-ring (bicyclic) bond motifs is 1. The van der Waals surface area contributed by atoms with Crippen LogP contribution in [-0.4, -0.2) is 31.3 Å². The summed E-state index contributed by atoms with van der Waals surface area (Å²) in [6.07, 6.45) is 5.29. The maximum absolute atomic E-state index is 12.5. The number of para-hydroxylation sites is 1. The average molecular weight is 339 g/mol. The lowest BCUT2D eigenvalue weighted by atomic mass is 10.1. The highest BCUT2D eigenvalue weighted by molar-refractivity contribution is 5.80. The quantitative estimate of drug-likeness (QED) is 0.738. The van der Waals surface area contributed by atoms with Gasteiger partial charge in [0.05, 0.1) is 23.8 Å². The Morgan fingerprint density at radius 2 is 2.16 bits per heavy atom. The van der Waals surface area contributed by atoms with Gasteiger partial charge < -0.3 is 5.32 Å². The highest BCUT2D eigenvalue weighted by atomic mass is 16.2. The average Bonchev–Trinajstić information content (AvgIpc) is 3.07. The van der Waals surface area contributed by atoms with E-state index < -0.39 is 0 Å². The van der Waals surface area contributed by atoms with Gasteiger partial charge in [0.25, 0.3) is 5.56 Å². The summed E-state index contributed by atoms with van der Waals surface area (Å²) in [5, 5.41) is 7.61. The van der Waals surface area contributed by atoms with Gasteiger partial charge in [0.2, 0.25) is 5.91 Å². The van der Waals surface area contributed by atoms with E-state index in [1.807, 2.05) is 38.2 Å². The van der Waals surface area contributed by atoms with Crippen molar-refractivity contribution < 1.29 is 4.79 Å². The minimum absolute atomic E-state index is 0.0403. The van der Waals surface area contributed by atoms with Gasteiger partial charge in [0, 0.05) is 31.4 Å². The van der Waals surface area contributed by atoms with Crippen molar-refractivity contribution in [1.82, 2.24) is 24.6 Å². The third-order valence-electron chi connectivity index (χ3n) is 4.06. The van der Waals surface area contributed by atoms with Crippen LogP contribution in [0.5, 0.6) is 0 Å². The summed E-state index contributed by atoms with van der Waals surface area (Å²) in [6.45, 7) is 4.76. The first-order valence-electron chi connectivity index (χ1n) is 8.26.